The van der Waals surface area contributed by atoms with E-state index in [4.69, 9.17) is 16.3 Å². The van der Waals surface area contributed by atoms with Gasteiger partial charge in [0.15, 0.2) is 0 Å². The summed E-state index contributed by atoms with van der Waals surface area (Å²) < 4.78 is 6.16. The maximum atomic E-state index is 12.3. The minimum atomic E-state index is -0.482. The number of methoxy groups -OCH3 is 1. The van der Waals surface area contributed by atoms with Crippen LogP contribution in [0.25, 0.3) is 0 Å². The molecule has 0 aromatic heterocycles. The third-order valence-electron chi connectivity index (χ3n) is 2.69. The van der Waals surface area contributed by atoms with Crippen molar-refractivity contribution in [3.8, 4) is 11.5 Å². The molecule has 2 aromatic carbocycles. The van der Waals surface area contributed by atoms with Gasteiger partial charge in [-0.1, -0.05) is 27.5 Å². The normalized spacial score (nSPS) is 10.3. The van der Waals surface area contributed by atoms with Gasteiger partial charge >= 0.3 is 0 Å². The van der Waals surface area contributed by atoms with Gasteiger partial charge in [-0.2, -0.15) is 0 Å². The number of halogens is 3. The van der Waals surface area contributed by atoms with Crippen molar-refractivity contribution in [1.29, 1.82) is 0 Å². The topological polar surface area (TPSA) is 58.6 Å². The molecule has 2 aromatic rings. The van der Waals surface area contributed by atoms with Crippen LogP contribution in [-0.4, -0.2) is 18.1 Å². The van der Waals surface area contributed by atoms with Crippen LogP contribution in [-0.2, 0) is 0 Å². The molecule has 0 atom stereocenters. The number of hydrogen-bond donors (Lipinski definition) is 2. The summed E-state index contributed by atoms with van der Waals surface area (Å²) in [7, 11) is 1.52. The van der Waals surface area contributed by atoms with E-state index in [-0.39, 0.29) is 11.3 Å². The van der Waals surface area contributed by atoms with Crippen LogP contribution in [0.1, 0.15) is 10.4 Å². The molecule has 2 rings (SSSR count). The molecule has 7 heteroatoms. The van der Waals surface area contributed by atoms with E-state index in [9.17, 15) is 9.90 Å². The molecule has 0 bridgehead atoms. The van der Waals surface area contributed by atoms with Gasteiger partial charge < -0.3 is 15.2 Å². The maximum Gasteiger partial charge on any atom is 0.259 e. The third kappa shape index (κ3) is 3.70. The second kappa shape index (κ2) is 6.68. The molecule has 0 fully saturated rings. The number of phenolic OH excluding ortho intramolecular Hbond substituents is 1. The summed E-state index contributed by atoms with van der Waals surface area (Å²) in [4.78, 5) is 12.3. The van der Waals surface area contributed by atoms with Crippen molar-refractivity contribution >= 4 is 55.1 Å². The van der Waals surface area contributed by atoms with Gasteiger partial charge in [0, 0.05) is 10.5 Å². The highest BCUT2D eigenvalue weighted by Crippen LogP contribution is 2.33. The predicted octanol–water partition coefficient (Wildman–Crippen LogP) is 4.83. The zero-order chi connectivity index (χ0) is 15.6. The van der Waals surface area contributed by atoms with E-state index < -0.39 is 5.91 Å². The summed E-state index contributed by atoms with van der Waals surface area (Å²) in [6.45, 7) is 0. The number of benzene rings is 2. The molecule has 0 aliphatic heterocycles. The Bertz CT molecular complexity index is 707. The van der Waals surface area contributed by atoms with E-state index in [1.807, 2.05) is 0 Å². The van der Waals surface area contributed by atoms with Crippen LogP contribution in [0.15, 0.2) is 39.3 Å². The Morgan fingerprint density at radius 2 is 2.00 bits per heavy atom. The molecule has 21 heavy (non-hydrogen) atoms. The molecule has 0 saturated carbocycles. The van der Waals surface area contributed by atoms with Gasteiger partial charge in [0.1, 0.15) is 11.5 Å². The fraction of sp³-hybridized carbons (Fsp3) is 0.0714. The van der Waals surface area contributed by atoms with Crippen LogP contribution < -0.4 is 10.1 Å². The average molecular weight is 435 g/mol. The van der Waals surface area contributed by atoms with E-state index >= 15 is 0 Å². The number of carbonyl (C=O) groups excluding carboxylic acids is 1. The fourth-order valence-electron chi connectivity index (χ4n) is 1.66. The average Bonchev–Trinajstić information content (AvgIpc) is 2.45. The highest BCUT2D eigenvalue weighted by atomic mass is 79.9. The number of nitrogens with one attached hydrogen (secondary N) is 1. The van der Waals surface area contributed by atoms with Crippen molar-refractivity contribution in [3.05, 3.63) is 49.9 Å². The van der Waals surface area contributed by atoms with E-state index in [0.717, 1.165) is 0 Å². The van der Waals surface area contributed by atoms with Crippen molar-refractivity contribution in [2.24, 2.45) is 0 Å². The molecule has 110 valence electrons. The predicted molar refractivity (Wildman–Crippen MR) is 89.5 cm³/mol. The number of anilines is 1. The number of amides is 1. The zero-order valence-electron chi connectivity index (χ0n) is 10.8. The minimum absolute atomic E-state index is 0.120. The number of carbonyl (C=O) groups is 1. The fourth-order valence-corrected chi connectivity index (χ4v) is 3.05. The first kappa shape index (κ1) is 16.1. The maximum absolute atomic E-state index is 12.3. The lowest BCUT2D eigenvalue weighted by molar-refractivity contribution is 0.102. The number of rotatable bonds is 3. The van der Waals surface area contributed by atoms with Crippen molar-refractivity contribution < 1.29 is 14.6 Å². The molecule has 0 radical (unpaired) electrons. The summed E-state index contributed by atoms with van der Waals surface area (Å²) in [5, 5.41) is 13.0. The first-order valence-corrected chi connectivity index (χ1v) is 7.71. The van der Waals surface area contributed by atoms with Crippen LogP contribution >= 0.6 is 43.5 Å². The Hall–Kier alpha value is -1.24. The van der Waals surface area contributed by atoms with Crippen molar-refractivity contribution in [1.82, 2.24) is 0 Å². The van der Waals surface area contributed by atoms with Gasteiger partial charge in [-0.15, -0.1) is 0 Å². The Labute approximate surface area is 143 Å². The summed E-state index contributed by atoms with van der Waals surface area (Å²) in [6.07, 6.45) is 0. The molecule has 0 aliphatic rings. The van der Waals surface area contributed by atoms with E-state index in [0.29, 0.717) is 25.4 Å². The lowest BCUT2D eigenvalue weighted by Crippen LogP contribution is -2.12. The molecule has 4 nitrogen and oxygen atoms in total. The number of aromatic hydroxyl groups is 1. The Kier molecular flexibility index (Phi) is 5.13. The molecular weight excluding hydrogens is 425 g/mol. The number of ether oxygens (including phenoxy) is 1. The van der Waals surface area contributed by atoms with Crippen LogP contribution in [0.4, 0.5) is 5.69 Å². The third-order valence-corrected chi connectivity index (χ3v) is 4.09. The molecule has 0 unspecified atom stereocenters. The van der Waals surface area contributed by atoms with Gasteiger partial charge in [0.25, 0.3) is 5.91 Å². The van der Waals surface area contributed by atoms with Gasteiger partial charge in [-0.25, -0.2) is 0 Å². The van der Waals surface area contributed by atoms with Gasteiger partial charge in [0.05, 0.1) is 27.9 Å². The first-order valence-electron chi connectivity index (χ1n) is 5.75. The van der Waals surface area contributed by atoms with Gasteiger partial charge in [-0.05, 0) is 40.2 Å². The van der Waals surface area contributed by atoms with Crippen LogP contribution in [0.3, 0.4) is 0 Å². The molecule has 0 aliphatic carbocycles. The second-order valence-corrected chi connectivity index (χ2v) is 6.26. The molecule has 1 amide bonds. The number of phenols is 1. The summed E-state index contributed by atoms with van der Waals surface area (Å²) in [5.41, 5.74) is 0.520. The standard InChI is InChI=1S/C14H10Br2ClNO3/c1-21-8-2-3-11(17)12(6-8)18-14(20)9-4-7(15)5-10(16)13(9)19/h2-6,19H,1H3,(H,18,20). The van der Waals surface area contributed by atoms with Crippen LogP contribution in [0.5, 0.6) is 11.5 Å². The van der Waals surface area contributed by atoms with Gasteiger partial charge in [0.2, 0.25) is 0 Å². The monoisotopic (exact) mass is 433 g/mol. The first-order chi connectivity index (χ1) is 9.92. The van der Waals surface area contributed by atoms with E-state index in [1.54, 1.807) is 24.3 Å². The highest BCUT2D eigenvalue weighted by molar-refractivity contribution is 9.11. The van der Waals surface area contributed by atoms with E-state index in [2.05, 4.69) is 37.2 Å². The Morgan fingerprint density at radius 3 is 2.67 bits per heavy atom. The summed E-state index contributed by atoms with van der Waals surface area (Å²) in [6, 6.07) is 8.07. The lowest BCUT2D eigenvalue weighted by Gasteiger charge is -2.11. The van der Waals surface area contributed by atoms with Crippen LogP contribution in [0, 0.1) is 0 Å². The second-order valence-electron chi connectivity index (χ2n) is 4.08. The Balaban J connectivity index is 2.34. The smallest absolute Gasteiger partial charge is 0.259 e. The largest absolute Gasteiger partial charge is 0.506 e. The molecule has 0 saturated heterocycles. The summed E-state index contributed by atoms with van der Waals surface area (Å²) >= 11 is 12.5. The SMILES string of the molecule is COc1ccc(Cl)c(NC(=O)c2cc(Br)cc(Br)c2O)c1. The number of hydrogen-bond acceptors (Lipinski definition) is 3. The quantitative estimate of drug-likeness (QED) is 0.726. The lowest BCUT2D eigenvalue weighted by atomic mass is 10.2. The van der Waals surface area contributed by atoms with Crippen molar-refractivity contribution in [3.63, 3.8) is 0 Å². The summed E-state index contributed by atoms with van der Waals surface area (Å²) in [5.74, 6) is -0.0614. The van der Waals surface area contributed by atoms with Crippen molar-refractivity contribution in [2.75, 3.05) is 12.4 Å². The minimum Gasteiger partial charge on any atom is -0.506 e. The highest BCUT2D eigenvalue weighted by Gasteiger charge is 2.16. The molecule has 0 spiro atoms. The van der Waals surface area contributed by atoms with E-state index in [1.165, 1.54) is 13.2 Å². The Morgan fingerprint density at radius 1 is 1.29 bits per heavy atom. The van der Waals surface area contributed by atoms with Gasteiger partial charge in [-0.3, -0.25) is 4.79 Å². The molecule has 0 heterocycles. The zero-order valence-corrected chi connectivity index (χ0v) is 14.7. The van der Waals surface area contributed by atoms with Crippen LogP contribution in [0.2, 0.25) is 5.02 Å². The van der Waals surface area contributed by atoms with Crippen molar-refractivity contribution in [2.45, 2.75) is 0 Å². The molecule has 2 N–H and O–H groups in total. The molecular formula is C14H10Br2ClNO3.